The maximum atomic E-state index is 11.4. The summed E-state index contributed by atoms with van der Waals surface area (Å²) in [5.74, 6) is -1.66. The molecule has 0 rings (SSSR count). The standard InChI is InChI=1S/C9H21N2O4P/c1-7(2)9(13)11(14)6-10-5-8(12)16(3,4)15/h7-8,10,12,14H,5-6H2,1-4H3. The summed E-state index contributed by atoms with van der Waals surface area (Å²) >= 11 is 0. The molecule has 0 heterocycles. The van der Waals surface area contributed by atoms with Crippen LogP contribution in [0.2, 0.25) is 0 Å². The summed E-state index contributed by atoms with van der Waals surface area (Å²) in [7, 11) is -2.55. The molecule has 0 saturated heterocycles. The van der Waals surface area contributed by atoms with Crippen molar-refractivity contribution in [2.75, 3.05) is 26.5 Å². The maximum absolute atomic E-state index is 11.4. The Balaban J connectivity index is 3.92. The molecule has 1 unspecified atom stereocenters. The molecule has 0 aliphatic rings. The van der Waals surface area contributed by atoms with Gasteiger partial charge in [-0.3, -0.25) is 15.3 Å². The van der Waals surface area contributed by atoms with Gasteiger partial charge >= 0.3 is 0 Å². The highest BCUT2D eigenvalue weighted by atomic mass is 31.2. The van der Waals surface area contributed by atoms with Gasteiger partial charge in [-0.25, -0.2) is 5.06 Å². The Hall–Kier alpha value is -0.420. The quantitative estimate of drug-likeness (QED) is 0.275. The van der Waals surface area contributed by atoms with E-state index >= 15 is 0 Å². The molecule has 0 aliphatic heterocycles. The van der Waals surface area contributed by atoms with E-state index in [0.29, 0.717) is 5.06 Å². The van der Waals surface area contributed by atoms with Crippen LogP contribution < -0.4 is 5.32 Å². The van der Waals surface area contributed by atoms with Gasteiger partial charge in [-0.1, -0.05) is 13.8 Å². The Morgan fingerprint density at radius 2 is 1.94 bits per heavy atom. The minimum atomic E-state index is -2.55. The molecule has 0 aliphatic carbocycles. The number of carbonyl (C=O) groups excluding carboxylic acids is 1. The SMILES string of the molecule is CC(C)C(=O)N(O)CNCC(O)P(C)(C)=O. The van der Waals surface area contributed by atoms with Gasteiger partial charge in [-0.2, -0.15) is 0 Å². The van der Waals surface area contributed by atoms with E-state index in [-0.39, 0.29) is 19.1 Å². The predicted octanol–water partition coefficient (Wildman–Crippen LogP) is 0.348. The lowest BCUT2D eigenvalue weighted by Gasteiger charge is -2.20. The Morgan fingerprint density at radius 3 is 2.31 bits per heavy atom. The first-order valence-electron chi connectivity index (χ1n) is 5.10. The van der Waals surface area contributed by atoms with E-state index in [9.17, 15) is 19.7 Å². The fourth-order valence-electron chi connectivity index (χ4n) is 0.895. The number of aliphatic hydroxyl groups excluding tert-OH is 1. The van der Waals surface area contributed by atoms with Gasteiger partial charge in [-0.15, -0.1) is 0 Å². The van der Waals surface area contributed by atoms with Gasteiger partial charge in [0.2, 0.25) is 5.91 Å². The number of hydroxylamine groups is 2. The van der Waals surface area contributed by atoms with E-state index in [1.807, 2.05) is 0 Å². The van der Waals surface area contributed by atoms with Crippen LogP contribution in [0.4, 0.5) is 0 Å². The normalized spacial score (nSPS) is 13.9. The molecule has 0 spiro atoms. The molecule has 96 valence electrons. The van der Waals surface area contributed by atoms with Crippen LogP contribution in [0.3, 0.4) is 0 Å². The zero-order valence-corrected chi connectivity index (χ0v) is 11.1. The molecule has 1 atom stereocenters. The van der Waals surface area contributed by atoms with Crippen LogP contribution in [0.25, 0.3) is 0 Å². The molecule has 0 aromatic heterocycles. The Labute approximate surface area is 96.0 Å². The van der Waals surface area contributed by atoms with E-state index in [1.54, 1.807) is 13.8 Å². The summed E-state index contributed by atoms with van der Waals surface area (Å²) < 4.78 is 11.4. The summed E-state index contributed by atoms with van der Waals surface area (Å²) in [4.78, 5) is 11.2. The highest BCUT2D eigenvalue weighted by molar-refractivity contribution is 7.62. The smallest absolute Gasteiger partial charge is 0.249 e. The van der Waals surface area contributed by atoms with Gasteiger partial charge < -0.3 is 9.67 Å². The molecule has 3 N–H and O–H groups in total. The van der Waals surface area contributed by atoms with Crippen molar-refractivity contribution in [3.8, 4) is 0 Å². The fourth-order valence-corrected chi connectivity index (χ4v) is 1.46. The summed E-state index contributed by atoms with van der Waals surface area (Å²) in [5, 5.41) is 21.9. The van der Waals surface area contributed by atoms with Crippen molar-refractivity contribution in [3.05, 3.63) is 0 Å². The van der Waals surface area contributed by atoms with Crippen molar-refractivity contribution in [1.29, 1.82) is 0 Å². The van der Waals surface area contributed by atoms with Crippen LogP contribution in [-0.2, 0) is 9.36 Å². The molecular formula is C9H21N2O4P. The zero-order valence-electron chi connectivity index (χ0n) is 10.2. The lowest BCUT2D eigenvalue weighted by molar-refractivity contribution is -0.170. The molecule has 0 bridgehead atoms. The lowest BCUT2D eigenvalue weighted by atomic mass is 10.2. The van der Waals surface area contributed by atoms with Crippen LogP contribution in [-0.4, -0.2) is 53.7 Å². The van der Waals surface area contributed by atoms with E-state index in [2.05, 4.69) is 5.32 Å². The molecule has 0 fully saturated rings. The Kier molecular flexibility index (Phi) is 6.18. The van der Waals surface area contributed by atoms with Crippen LogP contribution >= 0.6 is 7.14 Å². The average Bonchev–Trinajstić information content (AvgIpc) is 2.14. The van der Waals surface area contributed by atoms with Crippen LogP contribution in [0.1, 0.15) is 13.8 Å². The van der Waals surface area contributed by atoms with Crippen molar-refractivity contribution < 1.29 is 19.7 Å². The topological polar surface area (TPSA) is 89.9 Å². The van der Waals surface area contributed by atoms with E-state index in [0.717, 1.165) is 0 Å². The number of amides is 1. The molecule has 7 heteroatoms. The third-order valence-electron chi connectivity index (χ3n) is 2.05. The second-order valence-electron chi connectivity index (χ2n) is 4.42. The van der Waals surface area contributed by atoms with E-state index in [1.165, 1.54) is 13.3 Å². The third-order valence-corrected chi connectivity index (χ3v) is 3.67. The van der Waals surface area contributed by atoms with Gasteiger partial charge in [0.25, 0.3) is 0 Å². The number of carbonyl (C=O) groups is 1. The van der Waals surface area contributed by atoms with Crippen molar-refractivity contribution in [3.63, 3.8) is 0 Å². The molecule has 0 aromatic carbocycles. The van der Waals surface area contributed by atoms with Crippen molar-refractivity contribution >= 4 is 13.0 Å². The van der Waals surface area contributed by atoms with Crippen molar-refractivity contribution in [2.45, 2.75) is 19.7 Å². The van der Waals surface area contributed by atoms with Crippen LogP contribution in [0, 0.1) is 5.92 Å². The number of rotatable bonds is 6. The highest BCUT2D eigenvalue weighted by Crippen LogP contribution is 2.40. The average molecular weight is 252 g/mol. The van der Waals surface area contributed by atoms with Crippen molar-refractivity contribution in [1.82, 2.24) is 10.4 Å². The Morgan fingerprint density at radius 1 is 1.44 bits per heavy atom. The minimum Gasteiger partial charge on any atom is -0.384 e. The summed E-state index contributed by atoms with van der Waals surface area (Å²) in [6.45, 7) is 6.30. The number of nitrogens with one attached hydrogen (secondary N) is 1. The number of nitrogens with zero attached hydrogens (tertiary/aromatic N) is 1. The third kappa shape index (κ3) is 5.61. The molecule has 6 nitrogen and oxygen atoms in total. The largest absolute Gasteiger partial charge is 0.384 e. The monoisotopic (exact) mass is 252 g/mol. The summed E-state index contributed by atoms with van der Waals surface area (Å²) in [5.41, 5.74) is 0. The molecule has 0 radical (unpaired) electrons. The van der Waals surface area contributed by atoms with Gasteiger partial charge in [0.15, 0.2) is 0 Å². The number of hydrogen-bond donors (Lipinski definition) is 3. The van der Waals surface area contributed by atoms with Gasteiger partial charge in [0.1, 0.15) is 13.0 Å². The van der Waals surface area contributed by atoms with E-state index in [4.69, 9.17) is 0 Å². The molecule has 1 amide bonds. The molecule has 16 heavy (non-hydrogen) atoms. The number of hydrogen-bond acceptors (Lipinski definition) is 5. The Bertz CT molecular complexity index is 277. The summed E-state index contributed by atoms with van der Waals surface area (Å²) in [6.07, 6.45) is 0. The second-order valence-corrected chi connectivity index (χ2v) is 7.88. The highest BCUT2D eigenvalue weighted by Gasteiger charge is 2.20. The van der Waals surface area contributed by atoms with E-state index < -0.39 is 18.9 Å². The fraction of sp³-hybridized carbons (Fsp3) is 0.889. The van der Waals surface area contributed by atoms with Gasteiger partial charge in [0, 0.05) is 12.5 Å². The first-order valence-corrected chi connectivity index (χ1v) is 7.77. The lowest BCUT2D eigenvalue weighted by Crippen LogP contribution is -2.41. The molecule has 0 aromatic rings. The first-order chi connectivity index (χ1) is 7.16. The maximum Gasteiger partial charge on any atom is 0.249 e. The van der Waals surface area contributed by atoms with Gasteiger partial charge in [-0.05, 0) is 13.3 Å². The van der Waals surface area contributed by atoms with Crippen LogP contribution in [0.5, 0.6) is 0 Å². The van der Waals surface area contributed by atoms with Crippen LogP contribution in [0.15, 0.2) is 0 Å². The van der Waals surface area contributed by atoms with Gasteiger partial charge in [0.05, 0.1) is 6.67 Å². The predicted molar refractivity (Wildman–Crippen MR) is 61.8 cm³/mol. The van der Waals surface area contributed by atoms with Crippen molar-refractivity contribution in [2.24, 2.45) is 5.92 Å². The first kappa shape index (κ1) is 15.6. The summed E-state index contributed by atoms with van der Waals surface area (Å²) in [6, 6.07) is 0. The minimum absolute atomic E-state index is 0.0761. The molecular weight excluding hydrogens is 231 g/mol. The zero-order chi connectivity index (χ0) is 12.9. The second kappa shape index (κ2) is 6.35. The molecule has 0 saturated carbocycles. The number of aliphatic hydroxyl groups is 1.